The van der Waals surface area contributed by atoms with Gasteiger partial charge in [-0.1, -0.05) is 0 Å². The van der Waals surface area contributed by atoms with Crippen molar-refractivity contribution < 1.29 is 23.1 Å². The molecule has 1 atom stereocenters. The predicted molar refractivity (Wildman–Crippen MR) is 37.3 cm³/mol. The Morgan fingerprint density at radius 2 is 2.46 bits per heavy atom. The second-order valence-electron chi connectivity index (χ2n) is 2.45. The Morgan fingerprint density at radius 3 is 2.92 bits per heavy atom. The number of nitrogens with one attached hydrogen (secondary N) is 2. The fourth-order valence-electron chi connectivity index (χ4n) is 0.837. The highest BCUT2D eigenvalue weighted by molar-refractivity contribution is 5.79. The second-order valence-corrected chi connectivity index (χ2v) is 2.45. The molecule has 2 amide bonds. The van der Waals surface area contributed by atoms with E-state index < -0.39 is 24.5 Å². The molecule has 0 aromatic carbocycles. The van der Waals surface area contributed by atoms with Crippen LogP contribution >= 0.6 is 0 Å². The first kappa shape index (κ1) is 9.69. The molecular weight excluding hydrogens is 186 g/mol. The monoisotopic (exact) mass is 194 g/mol. The van der Waals surface area contributed by atoms with Crippen molar-refractivity contribution in [2.45, 2.75) is 12.5 Å². The van der Waals surface area contributed by atoms with E-state index in [1.807, 2.05) is 5.32 Å². The van der Waals surface area contributed by atoms with Gasteiger partial charge in [0.05, 0.1) is 13.1 Å². The highest BCUT2D eigenvalue weighted by Gasteiger charge is 2.24. The standard InChI is InChI=1S/C6H8F2N2O3/c7-4(8)5(11)9-1-3-2-10-6(12)13-3/h3-4H,1-2H2,(H,9,11)(H,10,12)/t3-/m0/s1. The van der Waals surface area contributed by atoms with Crippen LogP contribution in [0.15, 0.2) is 0 Å². The number of hydrogen-bond acceptors (Lipinski definition) is 3. The molecule has 0 aromatic rings. The fraction of sp³-hybridized carbons (Fsp3) is 0.667. The number of cyclic esters (lactones) is 1. The Bertz CT molecular complexity index is 222. The van der Waals surface area contributed by atoms with Gasteiger partial charge in [0, 0.05) is 0 Å². The Balaban J connectivity index is 2.19. The van der Waals surface area contributed by atoms with Crippen LogP contribution in [0.3, 0.4) is 0 Å². The van der Waals surface area contributed by atoms with E-state index in [4.69, 9.17) is 0 Å². The number of alkyl halides is 2. The summed E-state index contributed by atoms with van der Waals surface area (Å²) in [7, 11) is 0. The van der Waals surface area contributed by atoms with E-state index in [2.05, 4.69) is 10.1 Å². The van der Waals surface area contributed by atoms with Crippen LogP contribution in [0.2, 0.25) is 0 Å². The van der Waals surface area contributed by atoms with Crippen LogP contribution < -0.4 is 10.6 Å². The maximum atomic E-state index is 11.6. The minimum absolute atomic E-state index is 0.0953. The van der Waals surface area contributed by atoms with Crippen molar-refractivity contribution in [3.05, 3.63) is 0 Å². The fourth-order valence-corrected chi connectivity index (χ4v) is 0.837. The smallest absolute Gasteiger partial charge is 0.407 e. The molecule has 1 saturated heterocycles. The van der Waals surface area contributed by atoms with Gasteiger partial charge in [-0.05, 0) is 0 Å². The summed E-state index contributed by atoms with van der Waals surface area (Å²) in [6.45, 7) is 0.129. The maximum Gasteiger partial charge on any atom is 0.407 e. The Hall–Kier alpha value is -1.40. The van der Waals surface area contributed by atoms with Gasteiger partial charge < -0.3 is 15.4 Å². The van der Waals surface area contributed by atoms with E-state index >= 15 is 0 Å². The van der Waals surface area contributed by atoms with Crippen LogP contribution in [0.25, 0.3) is 0 Å². The van der Waals surface area contributed by atoms with Gasteiger partial charge in [-0.2, -0.15) is 8.78 Å². The van der Waals surface area contributed by atoms with Crippen LogP contribution in [0.4, 0.5) is 13.6 Å². The lowest BCUT2D eigenvalue weighted by molar-refractivity contribution is -0.132. The summed E-state index contributed by atoms with van der Waals surface area (Å²) in [6.07, 6.45) is -4.20. The second kappa shape index (κ2) is 4.01. The number of ether oxygens (including phenoxy) is 1. The molecule has 0 aliphatic carbocycles. The lowest BCUT2D eigenvalue weighted by Gasteiger charge is -2.08. The first-order chi connectivity index (χ1) is 6.09. The third-order valence-electron chi connectivity index (χ3n) is 1.45. The van der Waals surface area contributed by atoms with Crippen LogP contribution in [0.5, 0.6) is 0 Å². The predicted octanol–water partition coefficient (Wildman–Crippen LogP) is -0.524. The minimum atomic E-state index is -3.04. The summed E-state index contributed by atoms with van der Waals surface area (Å²) in [5, 5.41) is 4.26. The van der Waals surface area contributed by atoms with E-state index in [-0.39, 0.29) is 13.1 Å². The summed E-state index contributed by atoms with van der Waals surface area (Å²) in [4.78, 5) is 20.8. The molecule has 1 fully saturated rings. The Kier molecular flexibility index (Phi) is 2.99. The number of rotatable bonds is 3. The molecule has 0 bridgehead atoms. The molecule has 0 spiro atoms. The summed E-state index contributed by atoms with van der Waals surface area (Å²) >= 11 is 0. The number of halogens is 2. The first-order valence-corrected chi connectivity index (χ1v) is 3.60. The van der Waals surface area contributed by atoms with Crippen molar-refractivity contribution in [1.29, 1.82) is 0 Å². The van der Waals surface area contributed by atoms with E-state index in [0.717, 1.165) is 0 Å². The highest BCUT2D eigenvalue weighted by Crippen LogP contribution is 1.98. The number of alkyl carbamates (subject to hydrolysis) is 1. The van der Waals surface area contributed by atoms with E-state index in [1.54, 1.807) is 0 Å². The lowest BCUT2D eigenvalue weighted by Crippen LogP contribution is -2.37. The van der Waals surface area contributed by atoms with Gasteiger partial charge in [0.1, 0.15) is 6.10 Å². The summed E-state index contributed by atoms with van der Waals surface area (Å²) in [5.74, 6) is -1.36. The normalized spacial score (nSPS) is 21.2. The van der Waals surface area contributed by atoms with Gasteiger partial charge in [-0.15, -0.1) is 0 Å². The number of amides is 2. The first-order valence-electron chi connectivity index (χ1n) is 3.60. The Labute approximate surface area is 72.4 Å². The van der Waals surface area contributed by atoms with Crippen molar-refractivity contribution in [3.8, 4) is 0 Å². The molecule has 2 N–H and O–H groups in total. The van der Waals surface area contributed by atoms with Gasteiger partial charge in [0.2, 0.25) is 0 Å². The number of carbonyl (C=O) groups excluding carboxylic acids is 2. The maximum absolute atomic E-state index is 11.6. The van der Waals surface area contributed by atoms with Gasteiger partial charge >= 0.3 is 12.5 Å². The largest absolute Gasteiger partial charge is 0.442 e. The third kappa shape index (κ3) is 2.85. The summed E-state index contributed by atoms with van der Waals surface area (Å²) in [6, 6.07) is 0. The molecule has 1 aliphatic rings. The van der Waals surface area contributed by atoms with Crippen LogP contribution in [-0.2, 0) is 9.53 Å². The van der Waals surface area contributed by atoms with Crippen molar-refractivity contribution in [2.75, 3.05) is 13.1 Å². The third-order valence-corrected chi connectivity index (χ3v) is 1.45. The molecule has 1 heterocycles. The van der Waals surface area contributed by atoms with E-state index in [1.165, 1.54) is 0 Å². The topological polar surface area (TPSA) is 67.4 Å². The zero-order chi connectivity index (χ0) is 9.84. The summed E-state index contributed by atoms with van der Waals surface area (Å²) in [5.41, 5.74) is 0. The van der Waals surface area contributed by atoms with Crippen LogP contribution in [0.1, 0.15) is 0 Å². The molecular formula is C6H8F2N2O3. The zero-order valence-corrected chi connectivity index (χ0v) is 6.55. The van der Waals surface area contributed by atoms with Crippen molar-refractivity contribution in [2.24, 2.45) is 0 Å². The zero-order valence-electron chi connectivity index (χ0n) is 6.55. The van der Waals surface area contributed by atoms with Crippen molar-refractivity contribution >= 4 is 12.0 Å². The summed E-state index contributed by atoms with van der Waals surface area (Å²) < 4.78 is 27.9. The Morgan fingerprint density at radius 1 is 1.77 bits per heavy atom. The molecule has 74 valence electrons. The molecule has 0 unspecified atom stereocenters. The average molecular weight is 194 g/mol. The van der Waals surface area contributed by atoms with Crippen molar-refractivity contribution in [3.63, 3.8) is 0 Å². The SMILES string of the molecule is O=C1NC[C@H](CNC(=O)C(F)F)O1. The van der Waals surface area contributed by atoms with E-state index in [0.29, 0.717) is 0 Å². The quantitative estimate of drug-likeness (QED) is 0.635. The molecule has 0 saturated carbocycles. The van der Waals surface area contributed by atoms with Crippen molar-refractivity contribution in [1.82, 2.24) is 10.6 Å². The number of hydrogen-bond donors (Lipinski definition) is 2. The van der Waals surface area contributed by atoms with Gasteiger partial charge in [0.15, 0.2) is 0 Å². The molecule has 0 aromatic heterocycles. The minimum Gasteiger partial charge on any atom is -0.442 e. The molecule has 1 aliphatic heterocycles. The molecule has 13 heavy (non-hydrogen) atoms. The van der Waals surface area contributed by atoms with E-state index in [9.17, 15) is 18.4 Å². The molecule has 1 rings (SSSR count). The van der Waals surface area contributed by atoms with Crippen LogP contribution in [0, 0.1) is 0 Å². The number of carbonyl (C=O) groups is 2. The lowest BCUT2D eigenvalue weighted by atomic mass is 10.3. The van der Waals surface area contributed by atoms with Gasteiger partial charge in [0.25, 0.3) is 5.91 Å². The molecule has 7 heteroatoms. The molecule has 5 nitrogen and oxygen atoms in total. The molecule has 0 radical (unpaired) electrons. The van der Waals surface area contributed by atoms with Gasteiger partial charge in [-0.3, -0.25) is 4.79 Å². The average Bonchev–Trinajstić information content (AvgIpc) is 2.47. The van der Waals surface area contributed by atoms with Gasteiger partial charge in [-0.25, -0.2) is 4.79 Å². The highest BCUT2D eigenvalue weighted by atomic mass is 19.3. The van der Waals surface area contributed by atoms with Crippen LogP contribution in [-0.4, -0.2) is 37.6 Å².